The van der Waals surface area contributed by atoms with Gasteiger partial charge in [-0.1, -0.05) is 23.7 Å². The predicted octanol–water partition coefficient (Wildman–Crippen LogP) is 3.66. The van der Waals surface area contributed by atoms with Crippen LogP contribution >= 0.6 is 11.6 Å². The van der Waals surface area contributed by atoms with Crippen molar-refractivity contribution in [1.29, 1.82) is 0 Å². The summed E-state index contributed by atoms with van der Waals surface area (Å²) in [5.41, 5.74) is 2.74. The molecule has 0 aliphatic rings. The molecule has 0 bridgehead atoms. The van der Waals surface area contributed by atoms with Gasteiger partial charge in [0, 0.05) is 28.9 Å². The fraction of sp³-hybridized carbons (Fsp3) is 0.222. The van der Waals surface area contributed by atoms with Crippen LogP contribution in [-0.4, -0.2) is 46.7 Å². The molecular weight excluding hydrogens is 322 g/mol. The molecule has 4 aromatic rings. The van der Waals surface area contributed by atoms with Crippen molar-refractivity contribution in [2.45, 2.75) is 0 Å². The molecule has 0 spiro atoms. The van der Waals surface area contributed by atoms with Gasteiger partial charge in [-0.3, -0.25) is 0 Å². The maximum atomic E-state index is 6.17. The molecule has 0 unspecified atom stereocenters. The Labute approximate surface area is 144 Å². The second-order valence-corrected chi connectivity index (χ2v) is 6.54. The topological polar surface area (TPSA) is 45.5 Å². The summed E-state index contributed by atoms with van der Waals surface area (Å²) in [7, 11) is 4.12. The van der Waals surface area contributed by atoms with E-state index in [1.807, 2.05) is 34.8 Å². The van der Waals surface area contributed by atoms with Crippen molar-refractivity contribution >= 4 is 44.9 Å². The van der Waals surface area contributed by atoms with Gasteiger partial charge in [-0.15, -0.1) is 0 Å². The minimum absolute atomic E-state index is 0.689. The van der Waals surface area contributed by atoms with Crippen molar-refractivity contribution in [3.05, 3.63) is 47.5 Å². The van der Waals surface area contributed by atoms with Crippen LogP contribution < -0.4 is 5.32 Å². The highest BCUT2D eigenvalue weighted by Crippen LogP contribution is 2.28. The largest absolute Gasteiger partial charge is 0.368 e. The Morgan fingerprint density at radius 3 is 2.79 bits per heavy atom. The molecule has 0 atom stereocenters. The third-order valence-electron chi connectivity index (χ3n) is 4.06. The van der Waals surface area contributed by atoms with E-state index in [4.69, 9.17) is 21.7 Å². The minimum atomic E-state index is 0.689. The molecule has 0 radical (unpaired) electrons. The first-order valence-corrected chi connectivity index (χ1v) is 8.26. The first-order valence-electron chi connectivity index (χ1n) is 7.89. The van der Waals surface area contributed by atoms with Crippen LogP contribution in [0.4, 0.5) is 5.82 Å². The van der Waals surface area contributed by atoms with Gasteiger partial charge in [-0.2, -0.15) is 5.10 Å². The summed E-state index contributed by atoms with van der Waals surface area (Å²) in [6, 6.07) is 13.9. The van der Waals surface area contributed by atoms with Gasteiger partial charge < -0.3 is 10.2 Å². The Kier molecular flexibility index (Phi) is 3.75. The molecular formula is C18H18ClN5. The van der Waals surface area contributed by atoms with E-state index in [9.17, 15) is 0 Å². The molecule has 2 aromatic carbocycles. The molecule has 122 valence electrons. The zero-order valence-electron chi connectivity index (χ0n) is 13.6. The lowest BCUT2D eigenvalue weighted by atomic mass is 10.2. The predicted molar refractivity (Wildman–Crippen MR) is 100 cm³/mol. The zero-order valence-corrected chi connectivity index (χ0v) is 14.4. The minimum Gasteiger partial charge on any atom is -0.368 e. The molecule has 2 heterocycles. The lowest BCUT2D eigenvalue weighted by Gasteiger charge is -2.13. The molecule has 1 N–H and O–H groups in total. The quantitative estimate of drug-likeness (QED) is 0.616. The third-order valence-corrected chi connectivity index (χ3v) is 4.30. The molecule has 0 saturated heterocycles. The van der Waals surface area contributed by atoms with Crippen LogP contribution in [0.2, 0.25) is 5.02 Å². The Balaban J connectivity index is 1.96. The van der Waals surface area contributed by atoms with E-state index in [2.05, 4.69) is 36.4 Å². The van der Waals surface area contributed by atoms with Crippen molar-refractivity contribution in [3.63, 3.8) is 0 Å². The summed E-state index contributed by atoms with van der Waals surface area (Å²) in [6.45, 7) is 1.76. The maximum Gasteiger partial charge on any atom is 0.165 e. The van der Waals surface area contributed by atoms with E-state index in [0.29, 0.717) is 5.02 Å². The molecule has 0 aliphatic carbocycles. The molecule has 0 fully saturated rings. The Morgan fingerprint density at radius 2 is 1.96 bits per heavy atom. The molecule has 24 heavy (non-hydrogen) atoms. The molecule has 4 rings (SSSR count). The van der Waals surface area contributed by atoms with E-state index in [1.165, 1.54) is 0 Å². The summed E-state index contributed by atoms with van der Waals surface area (Å²) in [4.78, 5) is 6.98. The summed E-state index contributed by atoms with van der Waals surface area (Å²) in [5, 5.41) is 10.9. The molecule has 5 nitrogen and oxygen atoms in total. The number of benzene rings is 2. The van der Waals surface area contributed by atoms with Crippen molar-refractivity contribution < 1.29 is 0 Å². The zero-order chi connectivity index (χ0) is 16.7. The van der Waals surface area contributed by atoms with Crippen LogP contribution in [0.25, 0.3) is 27.5 Å². The van der Waals surface area contributed by atoms with Gasteiger partial charge in [-0.25, -0.2) is 9.50 Å². The number of aromatic nitrogens is 3. The lowest BCUT2D eigenvalue weighted by molar-refractivity contribution is 0.425. The van der Waals surface area contributed by atoms with Gasteiger partial charge in [0.05, 0.1) is 11.0 Å². The summed E-state index contributed by atoms with van der Waals surface area (Å²) in [5.74, 6) is 0.877. The first-order chi connectivity index (χ1) is 11.6. The Morgan fingerprint density at radius 1 is 1.12 bits per heavy atom. The van der Waals surface area contributed by atoms with E-state index in [-0.39, 0.29) is 0 Å². The van der Waals surface area contributed by atoms with Crippen LogP contribution in [0.1, 0.15) is 0 Å². The van der Waals surface area contributed by atoms with Crippen LogP contribution in [0.15, 0.2) is 42.5 Å². The number of likely N-dealkylation sites (N-methyl/N-ethyl adjacent to an activating group) is 1. The highest BCUT2D eigenvalue weighted by Gasteiger charge is 2.13. The van der Waals surface area contributed by atoms with E-state index < -0.39 is 0 Å². The van der Waals surface area contributed by atoms with Crippen molar-refractivity contribution in [2.75, 3.05) is 32.5 Å². The summed E-state index contributed by atoms with van der Waals surface area (Å²) < 4.78 is 1.90. The van der Waals surface area contributed by atoms with Crippen LogP contribution in [0.5, 0.6) is 0 Å². The summed E-state index contributed by atoms with van der Waals surface area (Å²) >= 11 is 6.17. The van der Waals surface area contributed by atoms with Gasteiger partial charge in [-0.05, 0) is 44.4 Å². The molecule has 2 aromatic heterocycles. The summed E-state index contributed by atoms with van der Waals surface area (Å²) in [6.07, 6.45) is 0. The monoisotopic (exact) mass is 339 g/mol. The molecule has 0 amide bonds. The number of nitrogens with one attached hydrogen (secondary N) is 1. The van der Waals surface area contributed by atoms with Crippen LogP contribution in [0, 0.1) is 0 Å². The fourth-order valence-electron chi connectivity index (χ4n) is 2.88. The number of rotatable bonds is 4. The van der Waals surface area contributed by atoms with Crippen LogP contribution in [-0.2, 0) is 0 Å². The van der Waals surface area contributed by atoms with Gasteiger partial charge in [0.25, 0.3) is 0 Å². The average Bonchev–Trinajstić information content (AvgIpc) is 2.93. The maximum absolute atomic E-state index is 6.17. The third kappa shape index (κ3) is 2.56. The Bertz CT molecular complexity index is 1040. The molecule has 6 heteroatoms. The average molecular weight is 340 g/mol. The van der Waals surface area contributed by atoms with Gasteiger partial charge >= 0.3 is 0 Å². The number of nitrogens with zero attached hydrogens (tertiary/aromatic N) is 4. The van der Waals surface area contributed by atoms with Crippen molar-refractivity contribution in [1.82, 2.24) is 19.5 Å². The normalized spacial score (nSPS) is 11.8. The highest BCUT2D eigenvalue weighted by atomic mass is 35.5. The standard InChI is InChI=1S/C18H18ClN5/c1-23(2)10-9-20-17-13-5-3-4-6-16(13)24-18(21-17)14-11-12(19)7-8-15(14)22-24/h3-8,11H,9-10H2,1-2H3,(H,20,21). The number of halogens is 1. The first kappa shape index (κ1) is 15.2. The smallest absolute Gasteiger partial charge is 0.165 e. The van der Waals surface area contributed by atoms with Crippen molar-refractivity contribution in [3.8, 4) is 0 Å². The van der Waals surface area contributed by atoms with Crippen LogP contribution in [0.3, 0.4) is 0 Å². The SMILES string of the molecule is CN(C)CCNc1nc2c3cc(Cl)ccc3nn2c2ccccc12. The van der Waals surface area contributed by atoms with Gasteiger partial charge in [0.1, 0.15) is 5.82 Å². The second-order valence-electron chi connectivity index (χ2n) is 6.10. The van der Waals surface area contributed by atoms with E-state index >= 15 is 0 Å². The molecule has 0 aliphatic heterocycles. The lowest BCUT2D eigenvalue weighted by Crippen LogP contribution is -2.21. The number of hydrogen-bond donors (Lipinski definition) is 1. The van der Waals surface area contributed by atoms with E-state index in [0.717, 1.165) is 46.4 Å². The highest BCUT2D eigenvalue weighted by molar-refractivity contribution is 6.31. The van der Waals surface area contributed by atoms with Gasteiger partial charge in [0.15, 0.2) is 5.65 Å². The van der Waals surface area contributed by atoms with Crippen molar-refractivity contribution in [2.24, 2.45) is 0 Å². The van der Waals surface area contributed by atoms with Gasteiger partial charge in [0.2, 0.25) is 0 Å². The second kappa shape index (κ2) is 5.92. The number of hydrogen-bond acceptors (Lipinski definition) is 4. The number of fused-ring (bicyclic) bond motifs is 5. The fourth-order valence-corrected chi connectivity index (χ4v) is 3.05. The number of para-hydroxylation sites is 1. The number of anilines is 1. The Hall–Kier alpha value is -2.37. The molecule has 0 saturated carbocycles. The van der Waals surface area contributed by atoms with E-state index in [1.54, 1.807) is 0 Å².